The molecule has 0 saturated heterocycles. The minimum Gasteiger partial charge on any atom is -0.228 e. The third-order valence-corrected chi connectivity index (χ3v) is 4.71. The highest BCUT2D eigenvalue weighted by atomic mass is 79.9. The van der Waals surface area contributed by atoms with Gasteiger partial charge in [-0.05, 0) is 36.6 Å². The molecular weight excluding hydrogens is 372 g/mol. The molecule has 0 N–H and O–H groups in total. The van der Waals surface area contributed by atoms with Gasteiger partial charge < -0.3 is 0 Å². The minimum atomic E-state index is 0.758. The average Bonchev–Trinajstić information content (AvgIpc) is 2.69. The molecule has 0 fully saturated rings. The number of rotatable bonds is 3. The molecule has 0 radical (unpaired) electrons. The van der Waals surface area contributed by atoms with E-state index in [0.29, 0.717) is 0 Å². The smallest absolute Gasteiger partial charge is 0.160 e. The standard InChI is InChI=1S/C22H17BrN2/c23-19-13-7-12-18(14-19)22-24-20(16-8-3-1-4-9-16)15-21(25-22)17-10-5-2-6-11-17/h1-5,7-10,12-15H,6,11H2. The van der Waals surface area contributed by atoms with Gasteiger partial charge in [-0.2, -0.15) is 0 Å². The van der Waals surface area contributed by atoms with E-state index in [9.17, 15) is 0 Å². The van der Waals surface area contributed by atoms with E-state index in [4.69, 9.17) is 9.97 Å². The number of hydrogen-bond donors (Lipinski definition) is 0. The third kappa shape index (κ3) is 3.62. The van der Waals surface area contributed by atoms with Crippen molar-refractivity contribution in [2.45, 2.75) is 12.8 Å². The lowest BCUT2D eigenvalue weighted by Gasteiger charge is -2.12. The maximum absolute atomic E-state index is 4.86. The summed E-state index contributed by atoms with van der Waals surface area (Å²) in [5.74, 6) is 0.758. The Morgan fingerprint density at radius 2 is 1.60 bits per heavy atom. The average molecular weight is 389 g/mol. The number of halogens is 1. The SMILES string of the molecule is Brc1cccc(-c2nc(C3=CC=CCC3)cc(-c3ccccc3)n2)c1. The van der Waals surface area contributed by atoms with E-state index >= 15 is 0 Å². The van der Waals surface area contributed by atoms with Gasteiger partial charge in [-0.1, -0.05) is 76.6 Å². The first-order valence-electron chi connectivity index (χ1n) is 8.36. The monoisotopic (exact) mass is 388 g/mol. The molecule has 25 heavy (non-hydrogen) atoms. The summed E-state index contributed by atoms with van der Waals surface area (Å²) >= 11 is 3.54. The highest BCUT2D eigenvalue weighted by molar-refractivity contribution is 9.10. The van der Waals surface area contributed by atoms with Crippen LogP contribution in [0.2, 0.25) is 0 Å². The number of allylic oxidation sites excluding steroid dienone is 4. The summed E-state index contributed by atoms with van der Waals surface area (Å²) in [5.41, 5.74) is 5.34. The van der Waals surface area contributed by atoms with Crippen LogP contribution in [0.3, 0.4) is 0 Å². The molecule has 2 aromatic carbocycles. The Labute approximate surface area is 156 Å². The largest absolute Gasteiger partial charge is 0.228 e. The van der Waals surface area contributed by atoms with E-state index in [1.54, 1.807) is 0 Å². The van der Waals surface area contributed by atoms with Crippen molar-refractivity contribution in [3.05, 3.63) is 89.1 Å². The number of hydrogen-bond acceptors (Lipinski definition) is 2. The van der Waals surface area contributed by atoms with Crippen LogP contribution in [0, 0.1) is 0 Å². The van der Waals surface area contributed by atoms with Crippen molar-refractivity contribution in [1.29, 1.82) is 0 Å². The summed E-state index contributed by atoms with van der Waals surface area (Å²) in [4.78, 5) is 9.69. The maximum atomic E-state index is 4.86. The van der Waals surface area contributed by atoms with Gasteiger partial charge in [-0.25, -0.2) is 9.97 Å². The summed E-state index contributed by atoms with van der Waals surface area (Å²) in [6.07, 6.45) is 8.54. The van der Waals surface area contributed by atoms with Crippen molar-refractivity contribution < 1.29 is 0 Å². The second kappa shape index (κ2) is 7.16. The first-order chi connectivity index (χ1) is 12.3. The van der Waals surface area contributed by atoms with Crippen molar-refractivity contribution >= 4 is 21.5 Å². The number of benzene rings is 2. The number of aromatic nitrogens is 2. The lowest BCUT2D eigenvalue weighted by molar-refractivity contribution is 1.03. The van der Waals surface area contributed by atoms with Crippen LogP contribution in [0.1, 0.15) is 18.5 Å². The second-order valence-corrected chi connectivity index (χ2v) is 6.91. The molecule has 0 aliphatic heterocycles. The molecule has 0 amide bonds. The van der Waals surface area contributed by atoms with Crippen LogP contribution < -0.4 is 0 Å². The first-order valence-corrected chi connectivity index (χ1v) is 9.15. The van der Waals surface area contributed by atoms with Crippen molar-refractivity contribution in [2.75, 3.05) is 0 Å². The molecule has 3 heteroatoms. The Morgan fingerprint density at radius 3 is 2.36 bits per heavy atom. The van der Waals surface area contributed by atoms with Gasteiger partial charge in [0.2, 0.25) is 0 Å². The molecule has 0 saturated carbocycles. The molecule has 2 nitrogen and oxygen atoms in total. The molecule has 4 rings (SSSR count). The molecule has 0 atom stereocenters. The molecule has 3 aromatic rings. The predicted molar refractivity (Wildman–Crippen MR) is 107 cm³/mol. The summed E-state index contributed by atoms with van der Waals surface area (Å²) in [5, 5.41) is 0. The normalized spacial score (nSPS) is 13.6. The molecule has 1 heterocycles. The Balaban J connectivity index is 1.89. The van der Waals surface area contributed by atoms with E-state index in [2.05, 4.69) is 58.4 Å². The fourth-order valence-corrected chi connectivity index (χ4v) is 3.34. The molecule has 1 aliphatic carbocycles. The van der Waals surface area contributed by atoms with Crippen LogP contribution in [-0.2, 0) is 0 Å². The van der Waals surface area contributed by atoms with Crippen molar-refractivity contribution in [3.63, 3.8) is 0 Å². The van der Waals surface area contributed by atoms with Crippen LogP contribution >= 0.6 is 15.9 Å². The van der Waals surface area contributed by atoms with Gasteiger partial charge in [0.15, 0.2) is 5.82 Å². The van der Waals surface area contributed by atoms with Gasteiger partial charge in [0, 0.05) is 15.6 Å². The van der Waals surface area contributed by atoms with E-state index in [0.717, 1.165) is 45.7 Å². The minimum absolute atomic E-state index is 0.758. The second-order valence-electron chi connectivity index (χ2n) is 6.00. The fourth-order valence-electron chi connectivity index (χ4n) is 2.94. The van der Waals surface area contributed by atoms with Crippen molar-refractivity contribution in [1.82, 2.24) is 9.97 Å². The van der Waals surface area contributed by atoms with Crippen molar-refractivity contribution in [3.8, 4) is 22.6 Å². The summed E-state index contributed by atoms with van der Waals surface area (Å²) in [6.45, 7) is 0. The zero-order valence-electron chi connectivity index (χ0n) is 13.7. The Morgan fingerprint density at radius 1 is 0.800 bits per heavy atom. The summed E-state index contributed by atoms with van der Waals surface area (Å²) in [7, 11) is 0. The van der Waals surface area contributed by atoms with Crippen LogP contribution in [0.15, 0.2) is 83.4 Å². The van der Waals surface area contributed by atoms with Crippen LogP contribution in [0.25, 0.3) is 28.2 Å². The van der Waals surface area contributed by atoms with Gasteiger partial charge in [0.25, 0.3) is 0 Å². The maximum Gasteiger partial charge on any atom is 0.160 e. The summed E-state index contributed by atoms with van der Waals surface area (Å²) in [6, 6.07) is 20.5. The van der Waals surface area contributed by atoms with E-state index in [-0.39, 0.29) is 0 Å². The van der Waals surface area contributed by atoms with E-state index in [1.807, 2.05) is 36.4 Å². The highest BCUT2D eigenvalue weighted by Gasteiger charge is 2.12. The molecule has 0 bridgehead atoms. The molecular formula is C22H17BrN2. The predicted octanol–water partition coefficient (Wildman–Crippen LogP) is 6.31. The van der Waals surface area contributed by atoms with E-state index in [1.165, 1.54) is 5.57 Å². The molecule has 0 spiro atoms. The van der Waals surface area contributed by atoms with E-state index < -0.39 is 0 Å². The Hall–Kier alpha value is -2.52. The lowest BCUT2D eigenvalue weighted by Crippen LogP contribution is -1.99. The van der Waals surface area contributed by atoms with Crippen LogP contribution in [0.5, 0.6) is 0 Å². The quantitative estimate of drug-likeness (QED) is 0.525. The van der Waals surface area contributed by atoms with Crippen LogP contribution in [-0.4, -0.2) is 9.97 Å². The zero-order chi connectivity index (χ0) is 17.1. The third-order valence-electron chi connectivity index (χ3n) is 4.22. The zero-order valence-corrected chi connectivity index (χ0v) is 15.3. The number of nitrogens with zero attached hydrogens (tertiary/aromatic N) is 2. The summed E-state index contributed by atoms with van der Waals surface area (Å²) < 4.78 is 1.03. The van der Waals surface area contributed by atoms with Gasteiger partial charge in [-0.15, -0.1) is 0 Å². The van der Waals surface area contributed by atoms with Gasteiger partial charge in [-0.3, -0.25) is 0 Å². The Kier molecular flexibility index (Phi) is 4.57. The molecule has 1 aromatic heterocycles. The highest BCUT2D eigenvalue weighted by Crippen LogP contribution is 2.29. The van der Waals surface area contributed by atoms with Gasteiger partial charge >= 0.3 is 0 Å². The molecule has 0 unspecified atom stereocenters. The molecule has 122 valence electrons. The first kappa shape index (κ1) is 16.0. The molecule has 1 aliphatic rings. The van der Waals surface area contributed by atoms with Gasteiger partial charge in [0.05, 0.1) is 11.4 Å². The van der Waals surface area contributed by atoms with Gasteiger partial charge in [0.1, 0.15) is 0 Å². The topological polar surface area (TPSA) is 25.8 Å². The lowest BCUT2D eigenvalue weighted by atomic mass is 10.00. The Bertz CT molecular complexity index is 959. The van der Waals surface area contributed by atoms with Crippen molar-refractivity contribution in [2.24, 2.45) is 0 Å². The van der Waals surface area contributed by atoms with Crippen LogP contribution in [0.4, 0.5) is 0 Å². The fraction of sp³-hybridized carbons (Fsp3) is 0.0909.